The molecule has 0 radical (unpaired) electrons. The second kappa shape index (κ2) is 7.62. The quantitative estimate of drug-likeness (QED) is 0.649. The van der Waals surface area contributed by atoms with Gasteiger partial charge in [-0.25, -0.2) is 0 Å². The Labute approximate surface area is 121 Å². The van der Waals surface area contributed by atoms with Crippen molar-refractivity contribution in [2.45, 2.75) is 64.8 Å². The van der Waals surface area contributed by atoms with Gasteiger partial charge in [0.15, 0.2) is 0 Å². The summed E-state index contributed by atoms with van der Waals surface area (Å²) in [5, 5.41) is 12.3. The Morgan fingerprint density at radius 3 is 2.20 bits per heavy atom. The van der Waals surface area contributed by atoms with Gasteiger partial charge < -0.3 is 16.2 Å². The maximum Gasteiger partial charge on any atom is 0.311 e. The van der Waals surface area contributed by atoms with Crippen molar-refractivity contribution in [3.05, 3.63) is 0 Å². The van der Waals surface area contributed by atoms with Gasteiger partial charge in [0.25, 0.3) is 0 Å². The predicted molar refractivity (Wildman–Crippen MR) is 78.2 cm³/mol. The first kappa shape index (κ1) is 17.0. The highest BCUT2D eigenvalue weighted by molar-refractivity contribution is 5.79. The standard InChI is InChI=1S/C15H28N2O3/c1-11(2)12(16)9-13(18)17-10-15(14(19)20)7-5-3-4-6-8-15/h11-12H,3-10,16H2,1-2H3,(H,17,18)(H,19,20). The molecule has 116 valence electrons. The number of rotatable bonds is 6. The van der Waals surface area contributed by atoms with Gasteiger partial charge in [-0.3, -0.25) is 9.59 Å². The molecule has 0 saturated heterocycles. The van der Waals surface area contributed by atoms with Gasteiger partial charge in [-0.05, 0) is 18.8 Å². The third kappa shape index (κ3) is 4.78. The fourth-order valence-corrected chi connectivity index (χ4v) is 2.66. The minimum absolute atomic E-state index is 0.143. The van der Waals surface area contributed by atoms with Crippen molar-refractivity contribution in [2.24, 2.45) is 17.1 Å². The van der Waals surface area contributed by atoms with E-state index in [0.717, 1.165) is 25.7 Å². The molecule has 1 atom stereocenters. The number of carbonyl (C=O) groups is 2. The predicted octanol–water partition coefficient (Wildman–Crippen LogP) is 1.90. The lowest BCUT2D eigenvalue weighted by atomic mass is 9.80. The van der Waals surface area contributed by atoms with Gasteiger partial charge in [-0.1, -0.05) is 39.5 Å². The van der Waals surface area contributed by atoms with E-state index in [4.69, 9.17) is 5.73 Å². The number of nitrogens with two attached hydrogens (primary N) is 1. The van der Waals surface area contributed by atoms with Gasteiger partial charge in [-0.2, -0.15) is 0 Å². The van der Waals surface area contributed by atoms with Crippen LogP contribution in [-0.2, 0) is 9.59 Å². The Morgan fingerprint density at radius 1 is 1.20 bits per heavy atom. The topological polar surface area (TPSA) is 92.4 Å². The second-order valence-corrected chi connectivity index (χ2v) is 6.39. The fraction of sp³-hybridized carbons (Fsp3) is 0.867. The van der Waals surface area contributed by atoms with Crippen LogP contribution in [0, 0.1) is 11.3 Å². The van der Waals surface area contributed by atoms with Crippen molar-refractivity contribution in [1.82, 2.24) is 5.32 Å². The van der Waals surface area contributed by atoms with Crippen molar-refractivity contribution in [3.8, 4) is 0 Å². The van der Waals surface area contributed by atoms with E-state index in [9.17, 15) is 14.7 Å². The molecular formula is C15H28N2O3. The average Bonchev–Trinajstić information content (AvgIpc) is 2.62. The number of carboxylic acid groups (broad SMARTS) is 1. The van der Waals surface area contributed by atoms with Gasteiger partial charge in [0.05, 0.1) is 5.41 Å². The van der Waals surface area contributed by atoms with E-state index in [1.807, 2.05) is 13.8 Å². The highest BCUT2D eigenvalue weighted by atomic mass is 16.4. The average molecular weight is 284 g/mol. The molecule has 1 aliphatic rings. The molecule has 1 fully saturated rings. The van der Waals surface area contributed by atoms with Crippen molar-refractivity contribution in [2.75, 3.05) is 6.54 Å². The molecule has 5 nitrogen and oxygen atoms in total. The number of carbonyl (C=O) groups excluding carboxylic acids is 1. The molecule has 0 aromatic rings. The van der Waals surface area contributed by atoms with Crippen LogP contribution in [0.5, 0.6) is 0 Å². The van der Waals surface area contributed by atoms with Crippen LogP contribution in [0.4, 0.5) is 0 Å². The van der Waals surface area contributed by atoms with Crippen LogP contribution in [0.25, 0.3) is 0 Å². The number of carboxylic acids is 1. The van der Waals surface area contributed by atoms with E-state index in [0.29, 0.717) is 12.8 Å². The normalized spacial score (nSPS) is 20.2. The number of hydrogen-bond acceptors (Lipinski definition) is 3. The monoisotopic (exact) mass is 284 g/mol. The van der Waals surface area contributed by atoms with E-state index in [2.05, 4.69) is 5.32 Å². The summed E-state index contributed by atoms with van der Waals surface area (Å²) in [4.78, 5) is 23.5. The summed E-state index contributed by atoms with van der Waals surface area (Å²) >= 11 is 0. The molecule has 4 N–H and O–H groups in total. The minimum atomic E-state index is -0.784. The molecule has 0 spiro atoms. The first-order valence-electron chi connectivity index (χ1n) is 7.63. The minimum Gasteiger partial charge on any atom is -0.481 e. The van der Waals surface area contributed by atoms with Gasteiger partial charge in [0, 0.05) is 19.0 Å². The summed E-state index contributed by atoms with van der Waals surface area (Å²) in [6.45, 7) is 4.18. The zero-order valence-corrected chi connectivity index (χ0v) is 12.7. The Bertz CT molecular complexity index is 334. The molecule has 0 aromatic carbocycles. The van der Waals surface area contributed by atoms with Gasteiger partial charge in [0.2, 0.25) is 5.91 Å². The molecule has 0 aromatic heterocycles. The second-order valence-electron chi connectivity index (χ2n) is 6.39. The van der Waals surface area contributed by atoms with Crippen LogP contribution < -0.4 is 11.1 Å². The van der Waals surface area contributed by atoms with Crippen LogP contribution in [0.2, 0.25) is 0 Å². The first-order chi connectivity index (χ1) is 9.37. The van der Waals surface area contributed by atoms with E-state index < -0.39 is 11.4 Å². The molecule has 1 amide bonds. The molecule has 1 unspecified atom stereocenters. The molecule has 1 saturated carbocycles. The molecule has 1 aliphatic carbocycles. The molecular weight excluding hydrogens is 256 g/mol. The van der Waals surface area contributed by atoms with E-state index in [-0.39, 0.29) is 30.8 Å². The molecule has 0 heterocycles. The van der Waals surface area contributed by atoms with Crippen LogP contribution in [0.3, 0.4) is 0 Å². The SMILES string of the molecule is CC(C)C(N)CC(=O)NCC1(C(=O)O)CCCCCC1. The van der Waals surface area contributed by atoms with Crippen molar-refractivity contribution in [1.29, 1.82) is 0 Å². The van der Waals surface area contributed by atoms with E-state index >= 15 is 0 Å². The van der Waals surface area contributed by atoms with E-state index in [1.54, 1.807) is 0 Å². The zero-order valence-electron chi connectivity index (χ0n) is 12.7. The molecule has 0 aliphatic heterocycles. The van der Waals surface area contributed by atoms with Crippen molar-refractivity contribution in [3.63, 3.8) is 0 Å². The lowest BCUT2D eigenvalue weighted by Gasteiger charge is -2.28. The van der Waals surface area contributed by atoms with Crippen molar-refractivity contribution >= 4 is 11.9 Å². The lowest BCUT2D eigenvalue weighted by molar-refractivity contribution is -0.149. The Morgan fingerprint density at radius 2 is 1.75 bits per heavy atom. The highest BCUT2D eigenvalue weighted by Crippen LogP contribution is 2.34. The van der Waals surface area contributed by atoms with Crippen LogP contribution in [-0.4, -0.2) is 29.6 Å². The summed E-state index contributed by atoms with van der Waals surface area (Å²) in [6, 6.07) is -0.176. The summed E-state index contributed by atoms with van der Waals surface area (Å²) in [5.74, 6) is -0.684. The third-order valence-electron chi connectivity index (χ3n) is 4.42. The Kier molecular flexibility index (Phi) is 6.46. The van der Waals surface area contributed by atoms with Crippen LogP contribution in [0.15, 0.2) is 0 Å². The summed E-state index contributed by atoms with van der Waals surface area (Å²) in [6.07, 6.45) is 5.58. The Hall–Kier alpha value is -1.10. The molecule has 5 heteroatoms. The largest absolute Gasteiger partial charge is 0.481 e. The fourth-order valence-electron chi connectivity index (χ4n) is 2.66. The summed E-state index contributed by atoms with van der Waals surface area (Å²) < 4.78 is 0. The van der Waals surface area contributed by atoms with E-state index in [1.165, 1.54) is 0 Å². The highest BCUT2D eigenvalue weighted by Gasteiger charge is 2.38. The smallest absolute Gasteiger partial charge is 0.311 e. The Balaban J connectivity index is 2.54. The number of aliphatic carboxylic acids is 1. The lowest BCUT2D eigenvalue weighted by Crippen LogP contribution is -2.44. The maximum absolute atomic E-state index is 11.9. The van der Waals surface area contributed by atoms with Gasteiger partial charge >= 0.3 is 5.97 Å². The number of hydrogen-bond donors (Lipinski definition) is 3. The first-order valence-corrected chi connectivity index (χ1v) is 7.63. The number of amides is 1. The van der Waals surface area contributed by atoms with Gasteiger partial charge in [-0.15, -0.1) is 0 Å². The summed E-state index contributed by atoms with van der Waals surface area (Å²) in [5.41, 5.74) is 5.08. The van der Waals surface area contributed by atoms with Crippen molar-refractivity contribution < 1.29 is 14.7 Å². The third-order valence-corrected chi connectivity index (χ3v) is 4.42. The molecule has 1 rings (SSSR count). The maximum atomic E-state index is 11.9. The zero-order chi connectivity index (χ0) is 15.2. The van der Waals surface area contributed by atoms with Crippen LogP contribution >= 0.6 is 0 Å². The summed E-state index contributed by atoms with van der Waals surface area (Å²) in [7, 11) is 0. The van der Waals surface area contributed by atoms with Gasteiger partial charge in [0.1, 0.15) is 0 Å². The molecule has 0 bridgehead atoms. The number of nitrogens with one attached hydrogen (secondary N) is 1. The molecule has 20 heavy (non-hydrogen) atoms. The van der Waals surface area contributed by atoms with Crippen LogP contribution in [0.1, 0.15) is 58.8 Å².